The zero-order chi connectivity index (χ0) is 23.9. The molecule has 2 fully saturated rings. The summed E-state index contributed by atoms with van der Waals surface area (Å²) in [5.74, 6) is 0.0293. The molecule has 0 spiro atoms. The molecule has 1 amide bonds. The first-order chi connectivity index (χ1) is 17.0. The lowest BCUT2D eigenvalue weighted by atomic mass is 10.1. The second kappa shape index (κ2) is 8.92. The molecule has 2 saturated heterocycles. The monoisotopic (exact) mass is 490 g/mol. The van der Waals surface area contributed by atoms with Gasteiger partial charge in [-0.25, -0.2) is 4.68 Å². The number of aromatic amines is 1. The van der Waals surface area contributed by atoms with Crippen LogP contribution in [0.1, 0.15) is 10.4 Å². The molecule has 6 rings (SSSR count). The van der Waals surface area contributed by atoms with Crippen LogP contribution in [0.4, 0.5) is 0 Å². The number of carbonyl (C=O) groups excluding carboxylic acids is 1. The van der Waals surface area contributed by atoms with E-state index in [0.29, 0.717) is 33.4 Å². The summed E-state index contributed by atoms with van der Waals surface area (Å²) < 4.78 is 6.87. The fraction of sp³-hybridized carbons (Fsp3) is 0.280. The molecule has 0 aliphatic carbocycles. The van der Waals surface area contributed by atoms with Gasteiger partial charge < -0.3 is 14.6 Å². The van der Waals surface area contributed by atoms with E-state index in [4.69, 9.17) is 16.3 Å². The van der Waals surface area contributed by atoms with Crippen LogP contribution in [-0.4, -0.2) is 81.1 Å². The summed E-state index contributed by atoms with van der Waals surface area (Å²) in [5, 5.41) is 9.77. The van der Waals surface area contributed by atoms with Crippen LogP contribution in [0.25, 0.3) is 27.8 Å². The van der Waals surface area contributed by atoms with Gasteiger partial charge in [0.1, 0.15) is 5.69 Å². The van der Waals surface area contributed by atoms with Gasteiger partial charge in [0.2, 0.25) is 0 Å². The third kappa shape index (κ3) is 4.22. The van der Waals surface area contributed by atoms with Crippen LogP contribution in [0.5, 0.6) is 0 Å². The van der Waals surface area contributed by atoms with Crippen molar-refractivity contribution in [3.8, 4) is 16.9 Å². The van der Waals surface area contributed by atoms with Crippen molar-refractivity contribution in [1.29, 1.82) is 0 Å². The van der Waals surface area contributed by atoms with Gasteiger partial charge in [-0.05, 0) is 48.5 Å². The molecule has 0 unspecified atom stereocenters. The number of pyridine rings is 1. The minimum atomic E-state index is -0.252. The van der Waals surface area contributed by atoms with Gasteiger partial charge in [-0.3, -0.25) is 14.5 Å². The Balaban J connectivity index is 1.18. The highest BCUT2D eigenvalue weighted by Crippen LogP contribution is 2.22. The fourth-order valence-corrected chi connectivity index (χ4v) is 4.73. The SMILES string of the molecule is O=C(c1ccc(-n2cc(-c3cc4cc(Cl)ccc4[nH]c3=O)nn2)cc1)N1CCN(C2COC2)CC1. The lowest BCUT2D eigenvalue weighted by molar-refractivity contribution is -0.0746. The van der Waals surface area contributed by atoms with E-state index in [1.54, 1.807) is 47.3 Å². The number of H-pyrrole nitrogens is 1. The summed E-state index contributed by atoms with van der Waals surface area (Å²) in [7, 11) is 0. The van der Waals surface area contributed by atoms with E-state index in [1.165, 1.54) is 0 Å². The molecule has 35 heavy (non-hydrogen) atoms. The number of piperazine rings is 1. The lowest BCUT2D eigenvalue weighted by Crippen LogP contribution is -2.57. The topological polar surface area (TPSA) is 96.3 Å². The van der Waals surface area contributed by atoms with Gasteiger partial charge >= 0.3 is 0 Å². The number of hydrogen-bond donors (Lipinski definition) is 1. The van der Waals surface area contributed by atoms with E-state index < -0.39 is 0 Å². The predicted molar refractivity (Wildman–Crippen MR) is 132 cm³/mol. The number of benzene rings is 2. The van der Waals surface area contributed by atoms with E-state index in [2.05, 4.69) is 20.2 Å². The standard InChI is InChI=1S/C25H23ClN6O3/c26-18-3-6-22-17(11-18)12-21(24(33)27-22)23-13-32(29-28-23)19-4-1-16(2-5-19)25(34)31-9-7-30(8-10-31)20-14-35-15-20/h1-6,11-13,20H,7-10,14-15H2,(H,27,33). The van der Waals surface area contributed by atoms with Crippen molar-refractivity contribution in [2.24, 2.45) is 0 Å². The zero-order valence-corrected chi connectivity index (χ0v) is 19.6. The average molecular weight is 491 g/mol. The maximum Gasteiger partial charge on any atom is 0.258 e. The smallest absolute Gasteiger partial charge is 0.258 e. The zero-order valence-electron chi connectivity index (χ0n) is 18.9. The maximum atomic E-state index is 13.0. The molecule has 1 N–H and O–H groups in total. The number of carbonyl (C=O) groups is 1. The number of nitrogens with zero attached hydrogens (tertiary/aromatic N) is 5. The minimum absolute atomic E-state index is 0.0293. The highest BCUT2D eigenvalue weighted by molar-refractivity contribution is 6.31. The quantitative estimate of drug-likeness (QED) is 0.472. The maximum absolute atomic E-state index is 13.0. The molecule has 178 valence electrons. The molecular weight excluding hydrogens is 468 g/mol. The van der Waals surface area contributed by atoms with E-state index in [-0.39, 0.29) is 11.5 Å². The Morgan fingerprint density at radius 2 is 1.80 bits per heavy atom. The van der Waals surface area contributed by atoms with Crippen LogP contribution >= 0.6 is 11.6 Å². The molecule has 9 nitrogen and oxygen atoms in total. The Morgan fingerprint density at radius 1 is 1.03 bits per heavy atom. The van der Waals surface area contributed by atoms with Gasteiger partial charge in [-0.15, -0.1) is 5.10 Å². The molecule has 0 bridgehead atoms. The average Bonchev–Trinajstić information content (AvgIpc) is 3.33. The first-order valence-corrected chi connectivity index (χ1v) is 11.9. The number of nitrogens with one attached hydrogen (secondary N) is 1. The summed E-state index contributed by atoms with van der Waals surface area (Å²) in [6.45, 7) is 4.77. The number of rotatable bonds is 4. The molecule has 4 aromatic rings. The number of halogens is 1. The normalized spacial score (nSPS) is 17.0. The van der Waals surface area contributed by atoms with Crippen LogP contribution in [0, 0.1) is 0 Å². The third-order valence-corrected chi connectivity index (χ3v) is 6.93. The predicted octanol–water partition coefficient (Wildman–Crippen LogP) is 2.59. The number of amides is 1. The van der Waals surface area contributed by atoms with Crippen LogP contribution in [-0.2, 0) is 4.74 Å². The first-order valence-electron chi connectivity index (χ1n) is 11.5. The van der Waals surface area contributed by atoms with Gasteiger partial charge in [0.25, 0.3) is 11.5 Å². The number of hydrogen-bond acceptors (Lipinski definition) is 6. The molecule has 2 aromatic heterocycles. The molecule has 2 aliphatic heterocycles. The molecule has 0 saturated carbocycles. The molecule has 2 aromatic carbocycles. The molecule has 2 aliphatic rings. The second-order valence-electron chi connectivity index (χ2n) is 8.86. The molecule has 0 radical (unpaired) electrons. The summed E-state index contributed by atoms with van der Waals surface area (Å²) >= 11 is 6.09. The van der Waals surface area contributed by atoms with Crippen molar-refractivity contribution < 1.29 is 9.53 Å². The highest BCUT2D eigenvalue weighted by Gasteiger charge is 2.30. The van der Waals surface area contributed by atoms with Crippen LogP contribution in [0.3, 0.4) is 0 Å². The Hall–Kier alpha value is -3.53. The van der Waals surface area contributed by atoms with Crippen molar-refractivity contribution in [1.82, 2.24) is 29.8 Å². The van der Waals surface area contributed by atoms with E-state index in [1.807, 2.05) is 17.0 Å². The number of ether oxygens (including phenoxy) is 1. The molecule has 0 atom stereocenters. The summed E-state index contributed by atoms with van der Waals surface area (Å²) in [4.78, 5) is 32.7. The molecular formula is C25H23ClN6O3. The second-order valence-corrected chi connectivity index (χ2v) is 9.29. The van der Waals surface area contributed by atoms with E-state index in [0.717, 1.165) is 50.5 Å². The largest absolute Gasteiger partial charge is 0.378 e. The van der Waals surface area contributed by atoms with E-state index in [9.17, 15) is 9.59 Å². The van der Waals surface area contributed by atoms with Crippen LogP contribution < -0.4 is 5.56 Å². The number of aromatic nitrogens is 4. The van der Waals surface area contributed by atoms with Crippen molar-refractivity contribution in [2.75, 3.05) is 39.4 Å². The fourth-order valence-electron chi connectivity index (χ4n) is 4.54. The Morgan fingerprint density at radius 3 is 2.51 bits per heavy atom. The van der Waals surface area contributed by atoms with Gasteiger partial charge in [0.05, 0.1) is 36.7 Å². The minimum Gasteiger partial charge on any atom is -0.378 e. The van der Waals surface area contributed by atoms with Gasteiger partial charge in [0.15, 0.2) is 0 Å². The van der Waals surface area contributed by atoms with Crippen molar-refractivity contribution >= 4 is 28.4 Å². The van der Waals surface area contributed by atoms with Gasteiger partial charge in [-0.2, -0.15) is 0 Å². The first kappa shape index (κ1) is 22.0. The molecule has 4 heterocycles. The van der Waals surface area contributed by atoms with Crippen molar-refractivity contribution in [2.45, 2.75) is 6.04 Å². The van der Waals surface area contributed by atoms with Crippen molar-refractivity contribution in [3.63, 3.8) is 0 Å². The Labute approximate surface area is 205 Å². The third-order valence-electron chi connectivity index (χ3n) is 6.69. The van der Waals surface area contributed by atoms with E-state index >= 15 is 0 Å². The summed E-state index contributed by atoms with van der Waals surface area (Å²) in [6, 6.07) is 14.8. The number of fused-ring (bicyclic) bond motifs is 1. The van der Waals surface area contributed by atoms with Crippen molar-refractivity contribution in [3.05, 3.63) is 75.7 Å². The summed E-state index contributed by atoms with van der Waals surface area (Å²) in [6.07, 6.45) is 1.70. The highest BCUT2D eigenvalue weighted by atomic mass is 35.5. The van der Waals surface area contributed by atoms with Crippen LogP contribution in [0.2, 0.25) is 5.02 Å². The van der Waals surface area contributed by atoms with Gasteiger partial charge in [0, 0.05) is 47.7 Å². The summed E-state index contributed by atoms with van der Waals surface area (Å²) in [5.41, 5.74) is 2.69. The Bertz CT molecular complexity index is 1450. The lowest BCUT2D eigenvalue weighted by Gasteiger charge is -2.42. The molecule has 10 heteroatoms. The Kier molecular flexibility index (Phi) is 5.60. The van der Waals surface area contributed by atoms with Crippen LogP contribution in [0.15, 0.2) is 59.5 Å². The van der Waals surface area contributed by atoms with Gasteiger partial charge in [-0.1, -0.05) is 16.8 Å².